The van der Waals surface area contributed by atoms with E-state index in [-0.39, 0.29) is 23.8 Å². The number of urea groups is 1. The van der Waals surface area contributed by atoms with Crippen molar-refractivity contribution in [2.45, 2.75) is 18.9 Å². The SMILES string of the molecule is O=C(NC1CCNCC1)N1CCN(C(=O)c2ccc(F)cc2)c2ccccc21. The zero-order valence-electron chi connectivity index (χ0n) is 15.5. The number of hydrogen-bond acceptors (Lipinski definition) is 3. The second-order valence-electron chi connectivity index (χ2n) is 7.08. The first-order valence-electron chi connectivity index (χ1n) is 9.59. The van der Waals surface area contributed by atoms with Crippen LogP contribution in [0.4, 0.5) is 20.6 Å². The Bertz CT molecular complexity index is 865. The molecule has 0 aromatic heterocycles. The number of nitrogens with one attached hydrogen (secondary N) is 2. The Labute approximate surface area is 163 Å². The van der Waals surface area contributed by atoms with E-state index in [1.54, 1.807) is 9.80 Å². The lowest BCUT2D eigenvalue weighted by atomic mass is 10.1. The number of hydrogen-bond donors (Lipinski definition) is 2. The van der Waals surface area contributed by atoms with Gasteiger partial charge in [-0.1, -0.05) is 12.1 Å². The number of nitrogens with zero attached hydrogens (tertiary/aromatic N) is 2. The van der Waals surface area contributed by atoms with E-state index in [1.807, 2.05) is 24.3 Å². The maximum absolute atomic E-state index is 13.2. The van der Waals surface area contributed by atoms with Gasteiger partial charge in [-0.2, -0.15) is 0 Å². The van der Waals surface area contributed by atoms with Gasteiger partial charge in [-0.05, 0) is 62.3 Å². The number of carbonyl (C=O) groups excluding carboxylic acids is 2. The number of benzene rings is 2. The van der Waals surface area contributed by atoms with Crippen molar-refractivity contribution in [3.63, 3.8) is 0 Å². The Balaban J connectivity index is 1.55. The lowest BCUT2D eigenvalue weighted by Crippen LogP contribution is -2.53. The van der Waals surface area contributed by atoms with Crippen molar-refractivity contribution < 1.29 is 14.0 Å². The number of halogens is 1. The molecule has 1 fully saturated rings. The molecule has 2 aromatic carbocycles. The first-order valence-corrected chi connectivity index (χ1v) is 9.59. The minimum absolute atomic E-state index is 0.131. The molecule has 2 aliphatic heterocycles. The van der Waals surface area contributed by atoms with Crippen molar-refractivity contribution in [1.29, 1.82) is 0 Å². The predicted octanol–water partition coefficient (Wildman–Crippen LogP) is 2.75. The average molecular weight is 382 g/mol. The molecule has 0 bridgehead atoms. The molecule has 2 N–H and O–H groups in total. The van der Waals surface area contributed by atoms with Crippen LogP contribution in [0.25, 0.3) is 0 Å². The molecule has 7 heteroatoms. The summed E-state index contributed by atoms with van der Waals surface area (Å²) in [7, 11) is 0. The Hall–Kier alpha value is -2.93. The van der Waals surface area contributed by atoms with Gasteiger partial charge < -0.3 is 15.5 Å². The summed E-state index contributed by atoms with van der Waals surface area (Å²) in [5.41, 5.74) is 1.81. The van der Waals surface area contributed by atoms with Gasteiger partial charge in [0.15, 0.2) is 0 Å². The molecule has 6 nitrogen and oxygen atoms in total. The van der Waals surface area contributed by atoms with E-state index >= 15 is 0 Å². The fourth-order valence-electron chi connectivity index (χ4n) is 3.75. The van der Waals surface area contributed by atoms with Crippen molar-refractivity contribution in [2.75, 3.05) is 36.0 Å². The molecular formula is C21H23FN4O2. The number of amides is 3. The van der Waals surface area contributed by atoms with Crippen LogP contribution in [-0.4, -0.2) is 44.2 Å². The Morgan fingerprint density at radius 2 is 1.54 bits per heavy atom. The van der Waals surface area contributed by atoms with E-state index < -0.39 is 0 Å². The standard InChI is InChI=1S/C21H23FN4O2/c22-16-7-5-15(6-8-16)20(27)25-13-14-26(19-4-2-1-3-18(19)25)21(28)24-17-9-11-23-12-10-17/h1-8,17,23H,9-14H2,(H,24,28). The molecule has 0 atom stereocenters. The quantitative estimate of drug-likeness (QED) is 0.840. The molecule has 28 heavy (non-hydrogen) atoms. The monoisotopic (exact) mass is 382 g/mol. The molecule has 146 valence electrons. The van der Waals surface area contributed by atoms with Crippen LogP contribution in [0.5, 0.6) is 0 Å². The Morgan fingerprint density at radius 1 is 0.929 bits per heavy atom. The lowest BCUT2D eigenvalue weighted by molar-refractivity contribution is 0.0986. The van der Waals surface area contributed by atoms with E-state index in [0.29, 0.717) is 30.0 Å². The molecule has 3 amide bonds. The van der Waals surface area contributed by atoms with Crippen LogP contribution in [0.15, 0.2) is 48.5 Å². The van der Waals surface area contributed by atoms with Crippen LogP contribution in [0.2, 0.25) is 0 Å². The average Bonchev–Trinajstić information content (AvgIpc) is 2.73. The molecule has 4 rings (SSSR count). The molecule has 2 aliphatic rings. The second kappa shape index (κ2) is 7.98. The Kier molecular flexibility index (Phi) is 5.25. The van der Waals surface area contributed by atoms with Crippen LogP contribution < -0.4 is 20.4 Å². The van der Waals surface area contributed by atoms with Crippen molar-refractivity contribution in [3.05, 3.63) is 59.9 Å². The number of carbonyl (C=O) groups is 2. The topological polar surface area (TPSA) is 64.7 Å². The highest BCUT2D eigenvalue weighted by Gasteiger charge is 2.31. The summed E-state index contributed by atoms with van der Waals surface area (Å²) < 4.78 is 13.2. The highest BCUT2D eigenvalue weighted by Crippen LogP contribution is 2.34. The number of piperidine rings is 1. The number of fused-ring (bicyclic) bond motifs is 1. The predicted molar refractivity (Wildman–Crippen MR) is 106 cm³/mol. The van der Waals surface area contributed by atoms with Crippen molar-refractivity contribution in [2.24, 2.45) is 0 Å². The lowest BCUT2D eigenvalue weighted by Gasteiger charge is -2.37. The van der Waals surface area contributed by atoms with Crippen LogP contribution in [0, 0.1) is 5.82 Å². The van der Waals surface area contributed by atoms with Crippen LogP contribution in [0.1, 0.15) is 23.2 Å². The summed E-state index contributed by atoms with van der Waals surface area (Å²) in [5, 5.41) is 6.40. The number of anilines is 2. The summed E-state index contributed by atoms with van der Waals surface area (Å²) in [6.45, 7) is 2.59. The summed E-state index contributed by atoms with van der Waals surface area (Å²) in [6.07, 6.45) is 1.83. The van der Waals surface area contributed by atoms with Gasteiger partial charge in [0.1, 0.15) is 5.82 Å². The zero-order valence-corrected chi connectivity index (χ0v) is 15.5. The molecule has 2 aromatic rings. The van der Waals surface area contributed by atoms with Crippen LogP contribution >= 0.6 is 0 Å². The third-order valence-electron chi connectivity index (χ3n) is 5.26. The molecule has 2 heterocycles. The summed E-state index contributed by atoms with van der Waals surface area (Å²) >= 11 is 0. The second-order valence-corrected chi connectivity index (χ2v) is 7.08. The number of rotatable bonds is 2. The fourth-order valence-corrected chi connectivity index (χ4v) is 3.75. The van der Waals surface area contributed by atoms with Crippen molar-refractivity contribution >= 4 is 23.3 Å². The van der Waals surface area contributed by atoms with Crippen molar-refractivity contribution in [3.8, 4) is 0 Å². The minimum Gasteiger partial charge on any atom is -0.335 e. The van der Waals surface area contributed by atoms with Gasteiger partial charge in [-0.3, -0.25) is 9.69 Å². The van der Waals surface area contributed by atoms with E-state index in [9.17, 15) is 14.0 Å². The van der Waals surface area contributed by atoms with E-state index in [2.05, 4.69) is 10.6 Å². The van der Waals surface area contributed by atoms with E-state index in [4.69, 9.17) is 0 Å². The van der Waals surface area contributed by atoms with Crippen molar-refractivity contribution in [1.82, 2.24) is 10.6 Å². The molecule has 0 unspecified atom stereocenters. The smallest absolute Gasteiger partial charge is 0.322 e. The molecule has 1 saturated heterocycles. The maximum atomic E-state index is 13.2. The third kappa shape index (κ3) is 3.71. The van der Waals surface area contributed by atoms with Gasteiger partial charge in [-0.25, -0.2) is 9.18 Å². The summed E-state index contributed by atoms with van der Waals surface area (Å²) in [6, 6.07) is 12.9. The zero-order chi connectivity index (χ0) is 19.5. The van der Waals surface area contributed by atoms with Crippen LogP contribution in [-0.2, 0) is 0 Å². The van der Waals surface area contributed by atoms with Gasteiger partial charge in [0.05, 0.1) is 11.4 Å². The first-order chi connectivity index (χ1) is 13.6. The largest absolute Gasteiger partial charge is 0.335 e. The summed E-state index contributed by atoms with van der Waals surface area (Å²) in [4.78, 5) is 29.2. The maximum Gasteiger partial charge on any atom is 0.322 e. The highest BCUT2D eigenvalue weighted by molar-refractivity contribution is 6.10. The van der Waals surface area contributed by atoms with Crippen LogP contribution in [0.3, 0.4) is 0 Å². The van der Waals surface area contributed by atoms with Gasteiger partial charge in [0.25, 0.3) is 5.91 Å². The van der Waals surface area contributed by atoms with Gasteiger partial charge in [0, 0.05) is 24.7 Å². The minimum atomic E-state index is -0.378. The van der Waals surface area contributed by atoms with Gasteiger partial charge in [0.2, 0.25) is 0 Å². The fraction of sp³-hybridized carbons (Fsp3) is 0.333. The highest BCUT2D eigenvalue weighted by atomic mass is 19.1. The molecule has 0 spiro atoms. The van der Waals surface area contributed by atoms with E-state index in [0.717, 1.165) is 25.9 Å². The summed E-state index contributed by atoms with van der Waals surface area (Å²) in [5.74, 6) is -0.581. The molecule has 0 aliphatic carbocycles. The molecule has 0 saturated carbocycles. The van der Waals surface area contributed by atoms with Gasteiger partial charge in [-0.15, -0.1) is 0 Å². The normalized spacial score (nSPS) is 17.2. The van der Waals surface area contributed by atoms with Gasteiger partial charge >= 0.3 is 6.03 Å². The third-order valence-corrected chi connectivity index (χ3v) is 5.26. The van der Waals surface area contributed by atoms with E-state index in [1.165, 1.54) is 24.3 Å². The Morgan fingerprint density at radius 3 is 2.21 bits per heavy atom. The number of para-hydroxylation sites is 2. The first kappa shape index (κ1) is 18.4. The molecule has 0 radical (unpaired) electrons. The molecular weight excluding hydrogens is 359 g/mol.